The molecule has 2 rings (SSSR count). The maximum Gasteiger partial charge on any atom is 0.324 e. The second kappa shape index (κ2) is 5.82. The normalized spacial score (nSPS) is 19.7. The zero-order valence-corrected chi connectivity index (χ0v) is 13.4. The van der Waals surface area contributed by atoms with Gasteiger partial charge in [0, 0.05) is 12.2 Å². The first kappa shape index (κ1) is 16.1. The molecule has 1 unspecified atom stereocenters. The minimum atomic E-state index is -3.89. The molecule has 1 heterocycles. The number of aryl methyl sites for hydroxylation is 1. The van der Waals surface area contributed by atoms with Crippen molar-refractivity contribution in [2.24, 2.45) is 0 Å². The average molecular weight is 333 g/mol. The number of nitrogens with two attached hydrogens (primary N) is 1. The lowest BCUT2D eigenvalue weighted by Crippen LogP contribution is -2.41. The van der Waals surface area contributed by atoms with E-state index in [0.717, 1.165) is 4.31 Å². The second-order valence-corrected chi connectivity index (χ2v) is 7.20. The number of nitrogens with zero attached hydrogens (tertiary/aromatic N) is 1. The number of ether oxygens (including phenoxy) is 1. The van der Waals surface area contributed by atoms with Crippen molar-refractivity contribution >= 4 is 33.3 Å². The molecule has 0 amide bonds. The molecule has 0 radical (unpaired) electrons. The van der Waals surface area contributed by atoms with Gasteiger partial charge in [-0.1, -0.05) is 11.6 Å². The fourth-order valence-corrected chi connectivity index (χ4v) is 4.63. The van der Waals surface area contributed by atoms with Crippen LogP contribution in [0.4, 0.5) is 5.69 Å². The summed E-state index contributed by atoms with van der Waals surface area (Å²) in [6.07, 6.45) is 1.03. The number of hydrogen-bond acceptors (Lipinski definition) is 5. The Morgan fingerprint density at radius 3 is 2.76 bits per heavy atom. The molecule has 1 aliphatic heterocycles. The quantitative estimate of drug-likeness (QED) is 0.670. The van der Waals surface area contributed by atoms with E-state index in [1.54, 1.807) is 6.92 Å². The van der Waals surface area contributed by atoms with E-state index < -0.39 is 22.0 Å². The van der Waals surface area contributed by atoms with Crippen molar-refractivity contribution in [3.8, 4) is 0 Å². The number of methoxy groups -OCH3 is 1. The zero-order chi connectivity index (χ0) is 15.8. The number of hydrogen-bond donors (Lipinski definition) is 1. The number of nitrogen functional groups attached to an aromatic ring is 1. The van der Waals surface area contributed by atoms with Crippen LogP contribution < -0.4 is 5.73 Å². The molecule has 1 aromatic carbocycles. The summed E-state index contributed by atoms with van der Waals surface area (Å²) in [5.74, 6) is -0.563. The first-order valence-corrected chi connectivity index (χ1v) is 8.26. The lowest BCUT2D eigenvalue weighted by molar-refractivity contribution is -0.144. The highest BCUT2D eigenvalue weighted by Crippen LogP contribution is 2.33. The van der Waals surface area contributed by atoms with Crippen LogP contribution in [0.25, 0.3) is 0 Å². The Labute approximate surface area is 128 Å². The van der Waals surface area contributed by atoms with Gasteiger partial charge in [-0.2, -0.15) is 4.31 Å². The Morgan fingerprint density at radius 2 is 2.14 bits per heavy atom. The monoisotopic (exact) mass is 332 g/mol. The lowest BCUT2D eigenvalue weighted by Gasteiger charge is -2.23. The Morgan fingerprint density at radius 1 is 1.48 bits per heavy atom. The molecule has 8 heteroatoms. The fraction of sp³-hybridized carbons (Fsp3) is 0.462. The number of halogens is 1. The highest BCUT2D eigenvalue weighted by Gasteiger charge is 2.41. The second-order valence-electron chi connectivity index (χ2n) is 4.94. The van der Waals surface area contributed by atoms with Gasteiger partial charge in [-0.05, 0) is 37.5 Å². The van der Waals surface area contributed by atoms with Gasteiger partial charge in [0.15, 0.2) is 0 Å². The van der Waals surface area contributed by atoms with Gasteiger partial charge in [0.05, 0.1) is 12.1 Å². The standard InChI is InChI=1S/C13H17ClN2O4S/c1-8-6-9(14)12(7-10(8)15)21(18,19)16-5-3-4-11(16)13(17)20-2/h6-7,11H,3-5,15H2,1-2H3. The molecule has 0 bridgehead atoms. The summed E-state index contributed by atoms with van der Waals surface area (Å²) in [4.78, 5) is 11.6. The summed E-state index contributed by atoms with van der Waals surface area (Å²) in [7, 11) is -2.65. The highest BCUT2D eigenvalue weighted by molar-refractivity contribution is 7.89. The van der Waals surface area contributed by atoms with E-state index in [4.69, 9.17) is 17.3 Å². The van der Waals surface area contributed by atoms with E-state index in [1.807, 2.05) is 0 Å². The van der Waals surface area contributed by atoms with Crippen LogP contribution in [0.3, 0.4) is 0 Å². The van der Waals surface area contributed by atoms with Gasteiger partial charge in [-0.3, -0.25) is 4.79 Å². The number of anilines is 1. The Hall–Kier alpha value is -1.31. The molecule has 1 aromatic rings. The number of esters is 1. The summed E-state index contributed by atoms with van der Waals surface area (Å²) in [5.41, 5.74) is 6.81. The summed E-state index contributed by atoms with van der Waals surface area (Å²) in [6, 6.07) is 2.03. The molecular formula is C13H17ClN2O4S. The molecule has 1 atom stereocenters. The van der Waals surface area contributed by atoms with E-state index in [0.29, 0.717) is 24.1 Å². The maximum atomic E-state index is 12.7. The molecular weight excluding hydrogens is 316 g/mol. The summed E-state index contributed by atoms with van der Waals surface area (Å²) in [5, 5.41) is 0.0946. The Kier molecular flexibility index (Phi) is 4.46. The molecule has 1 aliphatic rings. The molecule has 0 aromatic heterocycles. The van der Waals surface area contributed by atoms with Crippen LogP contribution >= 0.6 is 11.6 Å². The highest BCUT2D eigenvalue weighted by atomic mass is 35.5. The first-order valence-electron chi connectivity index (χ1n) is 6.44. The SMILES string of the molecule is COC(=O)C1CCCN1S(=O)(=O)c1cc(N)c(C)cc1Cl. The Bertz CT molecular complexity index is 675. The van der Waals surface area contributed by atoms with Gasteiger partial charge >= 0.3 is 5.97 Å². The zero-order valence-electron chi connectivity index (χ0n) is 11.8. The first-order chi connectivity index (χ1) is 9.78. The lowest BCUT2D eigenvalue weighted by atomic mass is 10.2. The third kappa shape index (κ3) is 2.86. The van der Waals surface area contributed by atoms with Gasteiger partial charge < -0.3 is 10.5 Å². The molecule has 1 saturated heterocycles. The molecule has 116 valence electrons. The number of sulfonamides is 1. The molecule has 6 nitrogen and oxygen atoms in total. The smallest absolute Gasteiger partial charge is 0.324 e. The van der Waals surface area contributed by atoms with E-state index in [1.165, 1.54) is 19.2 Å². The van der Waals surface area contributed by atoms with Crippen molar-refractivity contribution in [3.05, 3.63) is 22.7 Å². The van der Waals surface area contributed by atoms with Crippen LogP contribution in [0.5, 0.6) is 0 Å². The van der Waals surface area contributed by atoms with Crippen LogP contribution in [0, 0.1) is 6.92 Å². The van der Waals surface area contributed by atoms with Gasteiger partial charge in [0.25, 0.3) is 0 Å². The molecule has 1 fully saturated rings. The third-order valence-electron chi connectivity index (χ3n) is 3.58. The summed E-state index contributed by atoms with van der Waals surface area (Å²) < 4.78 is 31.3. The molecule has 21 heavy (non-hydrogen) atoms. The van der Waals surface area contributed by atoms with Crippen LogP contribution in [0.15, 0.2) is 17.0 Å². The van der Waals surface area contributed by atoms with Crippen molar-refractivity contribution in [2.45, 2.75) is 30.7 Å². The van der Waals surface area contributed by atoms with E-state index in [-0.39, 0.29) is 16.5 Å². The van der Waals surface area contributed by atoms with Gasteiger partial charge in [-0.15, -0.1) is 0 Å². The number of carbonyl (C=O) groups excluding carboxylic acids is 1. The number of rotatable bonds is 3. The summed E-state index contributed by atoms with van der Waals surface area (Å²) in [6.45, 7) is 2.00. The molecule has 0 aliphatic carbocycles. The summed E-state index contributed by atoms with van der Waals surface area (Å²) >= 11 is 6.05. The van der Waals surface area contributed by atoms with Crippen LogP contribution in [-0.2, 0) is 19.6 Å². The van der Waals surface area contributed by atoms with Crippen molar-refractivity contribution < 1.29 is 17.9 Å². The predicted molar refractivity (Wildman–Crippen MR) is 79.5 cm³/mol. The van der Waals surface area contributed by atoms with Crippen LogP contribution in [-0.4, -0.2) is 38.4 Å². The molecule has 2 N–H and O–H groups in total. The Balaban J connectivity index is 2.47. The average Bonchev–Trinajstić information content (AvgIpc) is 2.91. The van der Waals surface area contributed by atoms with Crippen LogP contribution in [0.2, 0.25) is 5.02 Å². The number of benzene rings is 1. The van der Waals surface area contributed by atoms with E-state index in [2.05, 4.69) is 4.74 Å². The van der Waals surface area contributed by atoms with Gasteiger partial charge in [0.2, 0.25) is 10.0 Å². The predicted octanol–water partition coefficient (Wildman–Crippen LogP) is 1.56. The van der Waals surface area contributed by atoms with Crippen molar-refractivity contribution in [3.63, 3.8) is 0 Å². The topological polar surface area (TPSA) is 89.7 Å². The number of carbonyl (C=O) groups is 1. The maximum absolute atomic E-state index is 12.7. The minimum Gasteiger partial charge on any atom is -0.468 e. The fourth-order valence-electron chi connectivity index (χ4n) is 2.39. The largest absolute Gasteiger partial charge is 0.468 e. The van der Waals surface area contributed by atoms with Gasteiger partial charge in [0.1, 0.15) is 10.9 Å². The van der Waals surface area contributed by atoms with Crippen LogP contribution in [0.1, 0.15) is 18.4 Å². The van der Waals surface area contributed by atoms with Crippen molar-refractivity contribution in [1.82, 2.24) is 4.31 Å². The van der Waals surface area contributed by atoms with Crippen molar-refractivity contribution in [2.75, 3.05) is 19.4 Å². The molecule has 0 spiro atoms. The third-order valence-corrected chi connectivity index (χ3v) is 5.96. The van der Waals surface area contributed by atoms with Crippen molar-refractivity contribution in [1.29, 1.82) is 0 Å². The van der Waals surface area contributed by atoms with E-state index >= 15 is 0 Å². The minimum absolute atomic E-state index is 0.0805. The van der Waals surface area contributed by atoms with E-state index in [9.17, 15) is 13.2 Å². The molecule has 0 saturated carbocycles. The van der Waals surface area contributed by atoms with Gasteiger partial charge in [-0.25, -0.2) is 8.42 Å².